The molecule has 1 aromatic heterocycles. The fourth-order valence-electron chi connectivity index (χ4n) is 3.83. The summed E-state index contributed by atoms with van der Waals surface area (Å²) in [7, 11) is 0. The minimum absolute atomic E-state index is 0.207. The van der Waals surface area contributed by atoms with Crippen molar-refractivity contribution < 1.29 is 22.8 Å². The third-order valence-corrected chi connectivity index (χ3v) is 5.28. The number of alkyl halides is 3. The number of carbonyl (C=O) groups excluding carboxylic acids is 2. The largest absolute Gasteiger partial charge is 0.416 e. The van der Waals surface area contributed by atoms with E-state index < -0.39 is 23.8 Å². The Bertz CT molecular complexity index is 1050. The van der Waals surface area contributed by atoms with Gasteiger partial charge in [-0.05, 0) is 29.3 Å². The first kappa shape index (κ1) is 20.6. The lowest BCUT2D eigenvalue weighted by molar-refractivity contribution is -0.137. The molecule has 2 aromatic rings. The molecule has 6 nitrogen and oxygen atoms in total. The van der Waals surface area contributed by atoms with E-state index >= 15 is 0 Å². The van der Waals surface area contributed by atoms with E-state index in [1.54, 1.807) is 29.4 Å². The van der Waals surface area contributed by atoms with Crippen LogP contribution in [0.5, 0.6) is 0 Å². The second-order valence-electron chi connectivity index (χ2n) is 7.28. The molecule has 0 saturated carbocycles. The number of hydrogen-bond donors (Lipinski definition) is 1. The summed E-state index contributed by atoms with van der Waals surface area (Å²) in [5.74, 6) is -0.280. The highest BCUT2D eigenvalue weighted by Crippen LogP contribution is 2.38. The van der Waals surface area contributed by atoms with Crippen molar-refractivity contribution >= 4 is 11.9 Å². The Balaban J connectivity index is 1.69. The highest BCUT2D eigenvalue weighted by atomic mass is 19.4. The molecule has 3 amide bonds. The molecule has 0 spiro atoms. The van der Waals surface area contributed by atoms with Crippen molar-refractivity contribution in [3.8, 4) is 0 Å². The highest BCUT2D eigenvalue weighted by Gasteiger charge is 2.43. The molecule has 1 aromatic carbocycles. The van der Waals surface area contributed by atoms with Crippen molar-refractivity contribution in [2.75, 3.05) is 13.1 Å². The predicted molar refractivity (Wildman–Crippen MR) is 106 cm³/mol. The summed E-state index contributed by atoms with van der Waals surface area (Å²) in [6.45, 7) is 4.38. The van der Waals surface area contributed by atoms with E-state index in [-0.39, 0.29) is 19.0 Å². The third kappa shape index (κ3) is 3.90. The summed E-state index contributed by atoms with van der Waals surface area (Å²) >= 11 is 0. The number of amides is 3. The topological polar surface area (TPSA) is 65.5 Å². The highest BCUT2D eigenvalue weighted by molar-refractivity contribution is 6.01. The van der Waals surface area contributed by atoms with E-state index in [4.69, 9.17) is 0 Å². The number of benzene rings is 1. The Labute approximate surface area is 176 Å². The predicted octanol–water partition coefficient (Wildman–Crippen LogP) is 3.65. The molecule has 2 aliphatic heterocycles. The van der Waals surface area contributed by atoms with Crippen LogP contribution in [-0.2, 0) is 17.5 Å². The van der Waals surface area contributed by atoms with Gasteiger partial charge in [0.25, 0.3) is 5.91 Å². The van der Waals surface area contributed by atoms with Crippen LogP contribution in [0.4, 0.5) is 18.0 Å². The first-order valence-corrected chi connectivity index (χ1v) is 9.57. The van der Waals surface area contributed by atoms with Crippen LogP contribution in [0.25, 0.3) is 0 Å². The third-order valence-electron chi connectivity index (χ3n) is 5.28. The molecule has 1 unspecified atom stereocenters. The smallest absolute Gasteiger partial charge is 0.329 e. The monoisotopic (exact) mass is 428 g/mol. The molecule has 0 radical (unpaired) electrons. The van der Waals surface area contributed by atoms with Gasteiger partial charge in [-0.25, -0.2) is 4.79 Å². The fraction of sp³-hybridized carbons (Fsp3) is 0.227. The molecular formula is C22H19F3N4O2. The van der Waals surface area contributed by atoms with Gasteiger partial charge in [-0.15, -0.1) is 6.58 Å². The molecule has 1 atom stereocenters. The number of rotatable bonds is 5. The minimum atomic E-state index is -4.47. The number of nitrogens with zero attached hydrogens (tertiary/aromatic N) is 3. The second-order valence-corrected chi connectivity index (χ2v) is 7.28. The maximum Gasteiger partial charge on any atom is 0.416 e. The van der Waals surface area contributed by atoms with Crippen molar-refractivity contribution in [2.24, 2.45) is 0 Å². The molecule has 3 heterocycles. The van der Waals surface area contributed by atoms with Gasteiger partial charge in [0.05, 0.1) is 29.4 Å². The lowest BCUT2D eigenvalue weighted by Crippen LogP contribution is -2.47. The quantitative estimate of drug-likeness (QED) is 0.740. The number of hydrogen-bond acceptors (Lipinski definition) is 3. The Morgan fingerprint density at radius 2 is 1.94 bits per heavy atom. The van der Waals surface area contributed by atoms with Gasteiger partial charge in [0.2, 0.25) is 0 Å². The Morgan fingerprint density at radius 3 is 2.55 bits per heavy atom. The lowest BCUT2D eigenvalue weighted by Gasteiger charge is -2.33. The van der Waals surface area contributed by atoms with Gasteiger partial charge < -0.3 is 10.2 Å². The molecule has 0 saturated heterocycles. The van der Waals surface area contributed by atoms with E-state index in [0.29, 0.717) is 23.4 Å². The molecule has 2 aliphatic rings. The Hall–Kier alpha value is -3.62. The van der Waals surface area contributed by atoms with Gasteiger partial charge in [0.1, 0.15) is 0 Å². The number of halogens is 3. The Morgan fingerprint density at radius 1 is 1.19 bits per heavy atom. The first-order valence-electron chi connectivity index (χ1n) is 9.57. The summed E-state index contributed by atoms with van der Waals surface area (Å²) in [4.78, 5) is 33.1. The van der Waals surface area contributed by atoms with Crippen LogP contribution in [0, 0.1) is 0 Å². The standard InChI is InChI=1S/C22H19F3N4O2/c1-2-10-29-17-13-28(12-14-4-3-9-26-11-14)20(30)18(17)19(27-21(29)31)15-5-7-16(8-6-15)22(23,24)25/h2-9,11,19H,1,10,12-13H2,(H,27,31). The Kier molecular flexibility index (Phi) is 5.26. The maximum absolute atomic E-state index is 13.3. The van der Waals surface area contributed by atoms with E-state index in [0.717, 1.165) is 17.7 Å². The van der Waals surface area contributed by atoms with Crippen LogP contribution in [0.15, 0.2) is 72.7 Å². The summed E-state index contributed by atoms with van der Waals surface area (Å²) in [6.07, 6.45) is 0.372. The summed E-state index contributed by atoms with van der Waals surface area (Å²) < 4.78 is 38.8. The van der Waals surface area contributed by atoms with Crippen molar-refractivity contribution in [3.63, 3.8) is 0 Å². The first-order chi connectivity index (χ1) is 14.8. The van der Waals surface area contributed by atoms with Crippen molar-refractivity contribution in [1.29, 1.82) is 0 Å². The molecule has 1 N–H and O–H groups in total. The van der Waals surface area contributed by atoms with E-state index in [1.165, 1.54) is 17.0 Å². The van der Waals surface area contributed by atoms with E-state index in [2.05, 4.69) is 16.9 Å². The van der Waals surface area contributed by atoms with Gasteiger partial charge in [-0.2, -0.15) is 13.2 Å². The van der Waals surface area contributed by atoms with Crippen molar-refractivity contribution in [1.82, 2.24) is 20.1 Å². The average molecular weight is 428 g/mol. The van der Waals surface area contributed by atoms with Crippen LogP contribution in [-0.4, -0.2) is 39.8 Å². The van der Waals surface area contributed by atoms with Crippen LogP contribution in [0.1, 0.15) is 22.7 Å². The molecule has 31 heavy (non-hydrogen) atoms. The van der Waals surface area contributed by atoms with Gasteiger partial charge in [-0.3, -0.25) is 14.7 Å². The normalized spacial score (nSPS) is 18.9. The zero-order chi connectivity index (χ0) is 22.2. The molecule has 160 valence electrons. The number of pyridine rings is 1. The van der Waals surface area contributed by atoms with Crippen LogP contribution >= 0.6 is 0 Å². The number of aromatic nitrogens is 1. The average Bonchev–Trinajstić information content (AvgIpc) is 3.06. The maximum atomic E-state index is 13.3. The second kappa shape index (κ2) is 7.90. The van der Waals surface area contributed by atoms with Gasteiger partial charge in [-0.1, -0.05) is 24.3 Å². The molecule has 0 bridgehead atoms. The zero-order valence-corrected chi connectivity index (χ0v) is 16.4. The van der Waals surface area contributed by atoms with Gasteiger partial charge in [0, 0.05) is 25.5 Å². The zero-order valence-electron chi connectivity index (χ0n) is 16.4. The van der Waals surface area contributed by atoms with Crippen LogP contribution in [0.3, 0.4) is 0 Å². The van der Waals surface area contributed by atoms with Crippen LogP contribution < -0.4 is 5.32 Å². The SMILES string of the molecule is C=CCN1C(=O)NC(c2ccc(C(F)(F)F)cc2)C2=C1CN(Cc1cccnc1)C2=O. The van der Waals surface area contributed by atoms with Gasteiger partial charge >= 0.3 is 12.2 Å². The van der Waals surface area contributed by atoms with Crippen molar-refractivity contribution in [3.05, 3.63) is 89.4 Å². The fourth-order valence-corrected chi connectivity index (χ4v) is 3.83. The van der Waals surface area contributed by atoms with Gasteiger partial charge in [0.15, 0.2) is 0 Å². The van der Waals surface area contributed by atoms with E-state index in [9.17, 15) is 22.8 Å². The molecule has 0 aliphatic carbocycles. The molecular weight excluding hydrogens is 409 g/mol. The summed E-state index contributed by atoms with van der Waals surface area (Å²) in [5.41, 5.74) is 1.32. The number of nitrogens with one attached hydrogen (secondary N) is 1. The molecule has 4 rings (SSSR count). The van der Waals surface area contributed by atoms with E-state index in [1.807, 2.05) is 6.07 Å². The molecule has 9 heteroatoms. The molecule has 0 fully saturated rings. The number of urea groups is 1. The van der Waals surface area contributed by atoms with Crippen molar-refractivity contribution in [2.45, 2.75) is 18.8 Å². The summed E-state index contributed by atoms with van der Waals surface area (Å²) in [5, 5.41) is 2.75. The summed E-state index contributed by atoms with van der Waals surface area (Å²) in [6, 6.07) is 6.82. The van der Waals surface area contributed by atoms with Crippen LogP contribution in [0.2, 0.25) is 0 Å². The lowest BCUT2D eigenvalue weighted by atomic mass is 9.94. The minimum Gasteiger partial charge on any atom is -0.329 e. The number of carbonyl (C=O) groups is 2.